The molecule has 0 spiro atoms. The zero-order valence-electron chi connectivity index (χ0n) is 14.9. The van der Waals surface area contributed by atoms with Crippen molar-refractivity contribution >= 4 is 35.5 Å². The second-order valence-electron chi connectivity index (χ2n) is 6.28. The number of halogens is 1. The molecule has 0 aromatic heterocycles. The highest BCUT2D eigenvalue weighted by molar-refractivity contribution is 5.98. The van der Waals surface area contributed by atoms with Gasteiger partial charge in [0.2, 0.25) is 0 Å². The van der Waals surface area contributed by atoms with Crippen LogP contribution in [0.2, 0.25) is 0 Å². The molecule has 1 heterocycles. The molecule has 1 aliphatic rings. The SMILES string of the molecule is CC(=O)c1cccc(OC(C)C(=O)N2CCCc3c(N)cccc32)c1.Cl. The molecule has 1 amide bonds. The number of hydrogen-bond acceptors (Lipinski definition) is 4. The average molecular weight is 375 g/mol. The summed E-state index contributed by atoms with van der Waals surface area (Å²) in [6.45, 7) is 3.88. The summed E-state index contributed by atoms with van der Waals surface area (Å²) in [5.41, 5.74) is 9.22. The van der Waals surface area contributed by atoms with Crippen LogP contribution in [0.25, 0.3) is 0 Å². The molecule has 138 valence electrons. The summed E-state index contributed by atoms with van der Waals surface area (Å²) >= 11 is 0. The van der Waals surface area contributed by atoms with E-state index in [0.717, 1.165) is 29.8 Å². The van der Waals surface area contributed by atoms with Crippen molar-refractivity contribution in [3.8, 4) is 5.75 Å². The number of ether oxygens (including phenoxy) is 1. The number of carbonyl (C=O) groups is 2. The van der Waals surface area contributed by atoms with Crippen molar-refractivity contribution in [2.75, 3.05) is 17.2 Å². The summed E-state index contributed by atoms with van der Waals surface area (Å²) in [5.74, 6) is 0.364. The van der Waals surface area contributed by atoms with Crippen LogP contribution < -0.4 is 15.4 Å². The normalized spacial score (nSPS) is 14.0. The first-order valence-corrected chi connectivity index (χ1v) is 8.44. The molecule has 0 saturated heterocycles. The lowest BCUT2D eigenvalue weighted by Crippen LogP contribution is -2.43. The summed E-state index contributed by atoms with van der Waals surface area (Å²) in [6, 6.07) is 12.5. The van der Waals surface area contributed by atoms with Crippen LogP contribution in [0.3, 0.4) is 0 Å². The number of rotatable bonds is 4. The van der Waals surface area contributed by atoms with Crippen molar-refractivity contribution in [1.82, 2.24) is 0 Å². The minimum absolute atomic E-state index is 0. The van der Waals surface area contributed by atoms with Crippen LogP contribution in [-0.4, -0.2) is 24.3 Å². The molecule has 2 N–H and O–H groups in total. The lowest BCUT2D eigenvalue weighted by Gasteiger charge is -2.32. The van der Waals surface area contributed by atoms with Gasteiger partial charge in [-0.3, -0.25) is 9.59 Å². The first kappa shape index (κ1) is 19.8. The molecule has 3 rings (SSSR count). The van der Waals surface area contributed by atoms with E-state index in [-0.39, 0.29) is 24.1 Å². The highest BCUT2D eigenvalue weighted by Crippen LogP contribution is 2.32. The van der Waals surface area contributed by atoms with E-state index in [9.17, 15) is 9.59 Å². The van der Waals surface area contributed by atoms with Crippen molar-refractivity contribution in [3.05, 3.63) is 53.6 Å². The van der Waals surface area contributed by atoms with E-state index in [2.05, 4.69) is 0 Å². The fraction of sp³-hybridized carbons (Fsp3) is 0.300. The van der Waals surface area contributed by atoms with Gasteiger partial charge in [-0.2, -0.15) is 0 Å². The van der Waals surface area contributed by atoms with Crippen LogP contribution in [0.4, 0.5) is 11.4 Å². The molecule has 2 aromatic carbocycles. The summed E-state index contributed by atoms with van der Waals surface area (Å²) in [7, 11) is 0. The number of nitrogens with zero attached hydrogens (tertiary/aromatic N) is 1. The number of amides is 1. The van der Waals surface area contributed by atoms with E-state index >= 15 is 0 Å². The molecule has 26 heavy (non-hydrogen) atoms. The Morgan fingerprint density at radius 1 is 1.19 bits per heavy atom. The molecule has 0 radical (unpaired) electrons. The number of carbonyl (C=O) groups excluding carboxylic acids is 2. The number of nitrogen functional groups attached to an aromatic ring is 1. The smallest absolute Gasteiger partial charge is 0.267 e. The fourth-order valence-corrected chi connectivity index (χ4v) is 3.14. The minimum atomic E-state index is -0.658. The van der Waals surface area contributed by atoms with Crippen LogP contribution in [0.5, 0.6) is 5.75 Å². The number of Topliss-reactive ketones (excluding diaryl/α,β-unsaturated/α-hetero) is 1. The maximum Gasteiger partial charge on any atom is 0.267 e. The fourth-order valence-electron chi connectivity index (χ4n) is 3.14. The molecule has 0 fully saturated rings. The van der Waals surface area contributed by atoms with Gasteiger partial charge in [0, 0.05) is 23.5 Å². The van der Waals surface area contributed by atoms with Crippen molar-refractivity contribution in [3.63, 3.8) is 0 Å². The molecule has 0 bridgehead atoms. The van der Waals surface area contributed by atoms with E-state index in [1.165, 1.54) is 6.92 Å². The lowest BCUT2D eigenvalue weighted by atomic mass is 9.99. The van der Waals surface area contributed by atoms with Gasteiger partial charge in [0.1, 0.15) is 5.75 Å². The largest absolute Gasteiger partial charge is 0.481 e. The molecule has 5 nitrogen and oxygen atoms in total. The Hall–Kier alpha value is -2.53. The second kappa shape index (κ2) is 8.23. The molecule has 0 aliphatic carbocycles. The standard InChI is InChI=1S/C20H22N2O3.ClH/c1-13(23)15-6-3-7-16(12-15)25-14(2)20(24)22-11-5-8-17-18(21)9-4-10-19(17)22;/h3-4,6-7,9-10,12,14H,5,8,11,21H2,1-2H3;1H. The van der Waals surface area contributed by atoms with Crippen molar-refractivity contribution in [2.24, 2.45) is 0 Å². The van der Waals surface area contributed by atoms with Crippen molar-refractivity contribution < 1.29 is 14.3 Å². The zero-order valence-corrected chi connectivity index (χ0v) is 15.7. The number of benzene rings is 2. The first-order chi connectivity index (χ1) is 12.0. The molecular weight excluding hydrogens is 352 g/mol. The van der Waals surface area contributed by atoms with Crippen LogP contribution in [0.1, 0.15) is 36.2 Å². The summed E-state index contributed by atoms with van der Waals surface area (Å²) < 4.78 is 5.79. The molecule has 6 heteroatoms. The average Bonchev–Trinajstić information content (AvgIpc) is 2.61. The van der Waals surface area contributed by atoms with Gasteiger partial charge in [-0.25, -0.2) is 0 Å². The Morgan fingerprint density at radius 2 is 1.92 bits per heavy atom. The molecule has 1 atom stereocenters. The number of anilines is 2. The zero-order chi connectivity index (χ0) is 18.0. The maximum absolute atomic E-state index is 12.9. The third kappa shape index (κ3) is 3.99. The van der Waals surface area contributed by atoms with E-state index in [1.54, 1.807) is 36.1 Å². The van der Waals surface area contributed by atoms with Crippen molar-refractivity contribution in [1.29, 1.82) is 0 Å². The van der Waals surface area contributed by atoms with Gasteiger partial charge in [0.15, 0.2) is 11.9 Å². The highest BCUT2D eigenvalue weighted by atomic mass is 35.5. The summed E-state index contributed by atoms with van der Waals surface area (Å²) in [6.07, 6.45) is 1.09. The third-order valence-electron chi connectivity index (χ3n) is 4.45. The topological polar surface area (TPSA) is 72.6 Å². The Labute approximate surface area is 159 Å². The van der Waals surface area contributed by atoms with Crippen LogP contribution in [-0.2, 0) is 11.2 Å². The lowest BCUT2D eigenvalue weighted by molar-refractivity contribution is -0.124. The monoisotopic (exact) mass is 374 g/mol. The van der Waals surface area contributed by atoms with Crippen LogP contribution in [0.15, 0.2) is 42.5 Å². The van der Waals surface area contributed by atoms with Gasteiger partial charge >= 0.3 is 0 Å². The van der Waals surface area contributed by atoms with E-state index in [0.29, 0.717) is 17.9 Å². The Morgan fingerprint density at radius 3 is 2.65 bits per heavy atom. The first-order valence-electron chi connectivity index (χ1n) is 8.44. The van der Waals surface area contributed by atoms with Gasteiger partial charge in [-0.15, -0.1) is 12.4 Å². The van der Waals surface area contributed by atoms with E-state index in [1.807, 2.05) is 18.2 Å². The molecular formula is C20H23ClN2O3. The predicted molar refractivity (Wildman–Crippen MR) is 105 cm³/mol. The number of hydrogen-bond donors (Lipinski definition) is 1. The minimum Gasteiger partial charge on any atom is -0.481 e. The third-order valence-corrected chi connectivity index (χ3v) is 4.45. The molecule has 2 aromatic rings. The second-order valence-corrected chi connectivity index (χ2v) is 6.28. The quantitative estimate of drug-likeness (QED) is 0.655. The predicted octanol–water partition coefficient (Wildman–Crippen LogP) is 3.64. The van der Waals surface area contributed by atoms with Gasteiger partial charge in [-0.1, -0.05) is 18.2 Å². The summed E-state index contributed by atoms with van der Waals surface area (Å²) in [4.78, 5) is 26.1. The highest BCUT2D eigenvalue weighted by Gasteiger charge is 2.28. The van der Waals surface area contributed by atoms with E-state index in [4.69, 9.17) is 10.5 Å². The van der Waals surface area contributed by atoms with Gasteiger partial charge in [-0.05, 0) is 56.5 Å². The van der Waals surface area contributed by atoms with E-state index < -0.39 is 6.10 Å². The Bertz CT molecular complexity index is 822. The van der Waals surface area contributed by atoms with Gasteiger partial charge in [0.25, 0.3) is 5.91 Å². The van der Waals surface area contributed by atoms with Gasteiger partial charge in [0.05, 0.1) is 0 Å². The Kier molecular flexibility index (Phi) is 6.27. The van der Waals surface area contributed by atoms with Crippen LogP contribution >= 0.6 is 12.4 Å². The van der Waals surface area contributed by atoms with Gasteiger partial charge < -0.3 is 15.4 Å². The number of fused-ring (bicyclic) bond motifs is 1. The summed E-state index contributed by atoms with van der Waals surface area (Å²) in [5, 5.41) is 0. The number of ketones is 1. The molecule has 1 aliphatic heterocycles. The Balaban J connectivity index is 0.00000243. The maximum atomic E-state index is 12.9. The number of nitrogens with two attached hydrogens (primary N) is 1. The molecule has 1 unspecified atom stereocenters. The van der Waals surface area contributed by atoms with Crippen LogP contribution in [0, 0.1) is 0 Å². The molecule has 0 saturated carbocycles. The van der Waals surface area contributed by atoms with Crippen molar-refractivity contribution in [2.45, 2.75) is 32.8 Å².